The number of hydrogen-bond donors (Lipinski definition) is 4. The maximum atomic E-state index is 10.6. The van der Waals surface area contributed by atoms with Crippen molar-refractivity contribution in [3.05, 3.63) is 35.9 Å². The minimum absolute atomic E-state index is 0.180. The van der Waals surface area contributed by atoms with Gasteiger partial charge in [0.05, 0.1) is 12.1 Å². The molecule has 0 saturated heterocycles. The van der Waals surface area contributed by atoms with Crippen molar-refractivity contribution in [3.63, 3.8) is 0 Å². The van der Waals surface area contributed by atoms with Gasteiger partial charge in [-0.25, -0.2) is 14.6 Å². The Morgan fingerprint density at radius 2 is 1.97 bits per heavy atom. The average molecular weight is 456 g/mol. The molecule has 5 rings (SSSR count). The number of aliphatic hydroxyl groups excluding tert-OH is 2. The van der Waals surface area contributed by atoms with Gasteiger partial charge in [0.2, 0.25) is 0 Å². The van der Waals surface area contributed by atoms with Crippen LogP contribution in [0.3, 0.4) is 0 Å². The molecular weight excluding hydrogens is 426 g/mol. The summed E-state index contributed by atoms with van der Waals surface area (Å²) >= 11 is 1.59. The third kappa shape index (κ3) is 3.96. The summed E-state index contributed by atoms with van der Waals surface area (Å²) in [6.07, 6.45) is 0.734. The molecule has 10 heteroatoms. The van der Waals surface area contributed by atoms with Crippen LogP contribution in [0.15, 0.2) is 35.5 Å². The molecule has 2 unspecified atom stereocenters. The molecule has 9 nitrogen and oxygen atoms in total. The molecule has 2 heterocycles. The molecule has 2 fully saturated rings. The normalized spacial score (nSPS) is 29.5. The van der Waals surface area contributed by atoms with Gasteiger partial charge in [0.1, 0.15) is 6.10 Å². The molecule has 5 N–H and O–H groups in total. The summed E-state index contributed by atoms with van der Waals surface area (Å²) in [7, 11) is 0. The van der Waals surface area contributed by atoms with E-state index in [9.17, 15) is 10.2 Å². The van der Waals surface area contributed by atoms with Gasteiger partial charge in [0.15, 0.2) is 22.1 Å². The first-order valence-corrected chi connectivity index (χ1v) is 12.2. The van der Waals surface area contributed by atoms with Gasteiger partial charge < -0.3 is 21.3 Å². The summed E-state index contributed by atoms with van der Waals surface area (Å²) in [4.78, 5) is 9.46. The van der Waals surface area contributed by atoms with Gasteiger partial charge >= 0.3 is 0 Å². The molecule has 2 aliphatic carbocycles. The lowest BCUT2D eigenvalue weighted by atomic mass is 10.1. The van der Waals surface area contributed by atoms with Crippen molar-refractivity contribution in [2.75, 3.05) is 17.6 Å². The maximum Gasteiger partial charge on any atom is 0.191 e. The highest BCUT2D eigenvalue weighted by Gasteiger charge is 2.43. The maximum absolute atomic E-state index is 10.6. The van der Waals surface area contributed by atoms with Crippen molar-refractivity contribution in [1.82, 2.24) is 25.0 Å². The SMILES string of the molecule is CCCSc1nc(NC2CC2c2ccccc2)c2nnn([C@@H]3C[C@H](CN)[C@@H](O)[C@H]3O)c2n1. The monoisotopic (exact) mass is 455 g/mol. The third-order valence-corrected chi connectivity index (χ3v) is 7.52. The number of nitrogens with two attached hydrogens (primary N) is 1. The van der Waals surface area contributed by atoms with Crippen LogP contribution in [-0.4, -0.2) is 65.7 Å². The molecule has 0 spiro atoms. The van der Waals surface area contributed by atoms with Crippen molar-refractivity contribution in [3.8, 4) is 0 Å². The summed E-state index contributed by atoms with van der Waals surface area (Å²) < 4.78 is 1.64. The summed E-state index contributed by atoms with van der Waals surface area (Å²) in [5.41, 5.74) is 8.26. The van der Waals surface area contributed by atoms with Gasteiger partial charge in [-0.1, -0.05) is 54.2 Å². The number of aliphatic hydroxyl groups is 2. The Kier molecular flexibility index (Phi) is 6.02. The number of aromatic nitrogens is 5. The zero-order valence-corrected chi connectivity index (χ0v) is 18.8. The quantitative estimate of drug-likeness (QED) is 0.297. The van der Waals surface area contributed by atoms with Crippen LogP contribution >= 0.6 is 11.8 Å². The van der Waals surface area contributed by atoms with E-state index in [-0.39, 0.29) is 12.0 Å². The van der Waals surface area contributed by atoms with Gasteiger partial charge in [-0.2, -0.15) is 0 Å². The number of thioether (sulfide) groups is 1. The predicted octanol–water partition coefficient (Wildman–Crippen LogP) is 1.93. The molecule has 0 amide bonds. The summed E-state index contributed by atoms with van der Waals surface area (Å²) in [5, 5.41) is 33.9. The second kappa shape index (κ2) is 8.93. The standard InChI is InChI=1S/C22H29N7O2S/c1-2-8-32-22-25-20(24-15-10-14(15)12-6-4-3-5-7-12)17-21(26-22)29(28-27-17)16-9-13(11-23)18(30)19(16)31/h3-7,13-16,18-19,30-31H,2,8-11,23H2,1H3,(H,24,25,26)/t13-,14?,15?,16-,18-,19+/m1/s1. The van der Waals surface area contributed by atoms with Crippen LogP contribution in [0.2, 0.25) is 0 Å². The number of nitrogens with zero attached hydrogens (tertiary/aromatic N) is 5. The average Bonchev–Trinajstić information content (AvgIpc) is 3.36. The molecule has 1 aromatic carbocycles. The summed E-state index contributed by atoms with van der Waals surface area (Å²) in [6.45, 7) is 2.43. The lowest BCUT2D eigenvalue weighted by molar-refractivity contribution is 0.00624. The van der Waals surface area contributed by atoms with E-state index in [4.69, 9.17) is 15.7 Å². The van der Waals surface area contributed by atoms with Crippen LogP contribution in [0.4, 0.5) is 5.82 Å². The van der Waals surface area contributed by atoms with Crippen molar-refractivity contribution < 1.29 is 10.2 Å². The highest BCUT2D eigenvalue weighted by molar-refractivity contribution is 7.99. The largest absolute Gasteiger partial charge is 0.390 e. The van der Waals surface area contributed by atoms with Crippen LogP contribution in [0.1, 0.15) is 43.7 Å². The van der Waals surface area contributed by atoms with Crippen LogP contribution in [-0.2, 0) is 0 Å². The molecule has 0 radical (unpaired) electrons. The second-order valence-electron chi connectivity index (χ2n) is 8.69. The van der Waals surface area contributed by atoms with E-state index in [1.807, 2.05) is 6.07 Å². The molecule has 0 bridgehead atoms. The number of nitrogens with one attached hydrogen (secondary N) is 1. The fraction of sp³-hybridized carbons (Fsp3) is 0.545. The third-order valence-electron chi connectivity index (χ3n) is 6.47. The van der Waals surface area contributed by atoms with Crippen LogP contribution in [0, 0.1) is 5.92 Å². The predicted molar refractivity (Wildman–Crippen MR) is 124 cm³/mol. The molecule has 2 aromatic heterocycles. The Labute approximate surface area is 190 Å². The van der Waals surface area contributed by atoms with Gasteiger partial charge in [0, 0.05) is 23.6 Å². The topological polar surface area (TPSA) is 135 Å². The molecule has 32 heavy (non-hydrogen) atoms. The van der Waals surface area contributed by atoms with Crippen LogP contribution in [0.5, 0.6) is 0 Å². The van der Waals surface area contributed by atoms with E-state index >= 15 is 0 Å². The van der Waals surface area contributed by atoms with Gasteiger partial charge in [-0.15, -0.1) is 5.10 Å². The van der Waals surface area contributed by atoms with Gasteiger partial charge in [-0.05, 0) is 31.4 Å². The molecule has 2 aliphatic rings. The number of fused-ring (bicyclic) bond motifs is 1. The molecule has 2 saturated carbocycles. The molecule has 3 aromatic rings. The Morgan fingerprint density at radius 3 is 2.69 bits per heavy atom. The Hall–Kier alpha value is -2.27. The zero-order chi connectivity index (χ0) is 22.2. The minimum atomic E-state index is -0.961. The van der Waals surface area contributed by atoms with Crippen molar-refractivity contribution >= 4 is 28.7 Å². The molecule has 0 aliphatic heterocycles. The Morgan fingerprint density at radius 1 is 1.16 bits per heavy atom. The van der Waals surface area contributed by atoms with E-state index in [1.54, 1.807) is 16.4 Å². The molecule has 6 atom stereocenters. The van der Waals surface area contributed by atoms with Crippen molar-refractivity contribution in [2.24, 2.45) is 11.7 Å². The lowest BCUT2D eigenvalue weighted by Crippen LogP contribution is -2.32. The number of anilines is 1. The van der Waals surface area contributed by atoms with Gasteiger partial charge in [-0.3, -0.25) is 0 Å². The molecule has 170 valence electrons. The van der Waals surface area contributed by atoms with Crippen molar-refractivity contribution in [1.29, 1.82) is 0 Å². The summed E-state index contributed by atoms with van der Waals surface area (Å²) in [6, 6.07) is 10.3. The van der Waals surface area contributed by atoms with Gasteiger partial charge in [0.25, 0.3) is 0 Å². The first-order valence-electron chi connectivity index (χ1n) is 11.2. The van der Waals surface area contributed by atoms with E-state index in [0.29, 0.717) is 41.0 Å². The first-order chi connectivity index (χ1) is 15.6. The number of hydrogen-bond acceptors (Lipinski definition) is 9. The lowest BCUT2D eigenvalue weighted by Gasteiger charge is -2.17. The fourth-order valence-electron chi connectivity index (χ4n) is 4.57. The highest BCUT2D eigenvalue weighted by Crippen LogP contribution is 2.43. The van der Waals surface area contributed by atoms with Crippen molar-refractivity contribution in [2.45, 2.75) is 61.6 Å². The number of benzene rings is 1. The number of rotatable bonds is 8. The van der Waals surface area contributed by atoms with E-state index in [2.05, 4.69) is 46.8 Å². The highest BCUT2D eigenvalue weighted by atomic mass is 32.2. The van der Waals surface area contributed by atoms with Crippen LogP contribution < -0.4 is 11.1 Å². The van der Waals surface area contributed by atoms with Crippen LogP contribution in [0.25, 0.3) is 11.2 Å². The second-order valence-corrected chi connectivity index (χ2v) is 9.76. The zero-order valence-electron chi connectivity index (χ0n) is 18.0. The van der Waals surface area contributed by atoms with E-state index in [0.717, 1.165) is 18.6 Å². The Bertz CT molecular complexity index is 1080. The fourth-order valence-corrected chi connectivity index (χ4v) is 5.26. The first kappa shape index (κ1) is 21.6. The smallest absolute Gasteiger partial charge is 0.191 e. The minimum Gasteiger partial charge on any atom is -0.390 e. The van der Waals surface area contributed by atoms with E-state index in [1.165, 1.54) is 5.56 Å². The molecular formula is C22H29N7O2S. The summed E-state index contributed by atoms with van der Waals surface area (Å²) in [5.74, 6) is 1.84. The Balaban J connectivity index is 1.46. The van der Waals surface area contributed by atoms with E-state index < -0.39 is 18.2 Å².